The topological polar surface area (TPSA) is 75.4 Å². The lowest BCUT2D eigenvalue weighted by atomic mass is 9.94. The third kappa shape index (κ3) is 4.52. The Balaban J connectivity index is 1.84. The highest BCUT2D eigenvalue weighted by molar-refractivity contribution is 6.30. The van der Waals surface area contributed by atoms with E-state index in [0.717, 1.165) is 13.0 Å². The monoisotopic (exact) mass is 309 g/mol. The lowest BCUT2D eigenvalue weighted by Gasteiger charge is -2.34. The number of hydrogen-bond donors (Lipinski definition) is 2. The second-order valence-corrected chi connectivity index (χ2v) is 5.99. The van der Waals surface area contributed by atoms with E-state index in [4.69, 9.17) is 17.3 Å². The second-order valence-electron chi connectivity index (χ2n) is 5.55. The summed E-state index contributed by atoms with van der Waals surface area (Å²) in [6, 6.07) is 6.49. The van der Waals surface area contributed by atoms with Crippen LogP contribution < -0.4 is 11.1 Å². The maximum atomic E-state index is 11.9. The fourth-order valence-electron chi connectivity index (χ4n) is 2.36. The zero-order valence-corrected chi connectivity index (χ0v) is 12.8. The van der Waals surface area contributed by atoms with E-state index in [0.29, 0.717) is 23.0 Å². The summed E-state index contributed by atoms with van der Waals surface area (Å²) in [5.41, 5.74) is 6.41. The van der Waals surface area contributed by atoms with E-state index in [-0.39, 0.29) is 18.5 Å². The van der Waals surface area contributed by atoms with Crippen LogP contribution in [0.4, 0.5) is 0 Å². The Kier molecular flexibility index (Phi) is 5.33. The van der Waals surface area contributed by atoms with Crippen LogP contribution in [0.25, 0.3) is 0 Å². The summed E-state index contributed by atoms with van der Waals surface area (Å²) in [7, 11) is 0. The van der Waals surface area contributed by atoms with Crippen LogP contribution in [0.5, 0.6) is 0 Å². The van der Waals surface area contributed by atoms with Crippen LogP contribution in [0, 0.1) is 5.92 Å². The van der Waals surface area contributed by atoms with Gasteiger partial charge in [-0.25, -0.2) is 0 Å². The van der Waals surface area contributed by atoms with Gasteiger partial charge < -0.3 is 5.73 Å². The number of nitrogens with zero attached hydrogens (tertiary/aromatic N) is 1. The molecule has 1 aromatic carbocycles. The number of carbonyl (C=O) groups is 2. The second kappa shape index (κ2) is 7.02. The van der Waals surface area contributed by atoms with Crippen molar-refractivity contribution in [2.24, 2.45) is 11.7 Å². The van der Waals surface area contributed by atoms with E-state index < -0.39 is 5.91 Å². The molecule has 1 aliphatic rings. The summed E-state index contributed by atoms with van der Waals surface area (Å²) in [5, 5.41) is 2.94. The molecular formula is C15H20ClN3O2. The molecule has 1 fully saturated rings. The van der Waals surface area contributed by atoms with Gasteiger partial charge in [-0.1, -0.05) is 18.5 Å². The normalized spacial score (nSPS) is 22.8. The van der Waals surface area contributed by atoms with Crippen molar-refractivity contribution in [1.29, 1.82) is 0 Å². The molecule has 2 atom stereocenters. The smallest absolute Gasteiger partial charge is 0.257 e. The molecule has 114 valence electrons. The van der Waals surface area contributed by atoms with Gasteiger partial charge >= 0.3 is 0 Å². The van der Waals surface area contributed by atoms with Crippen molar-refractivity contribution < 1.29 is 9.59 Å². The van der Waals surface area contributed by atoms with E-state index in [1.54, 1.807) is 24.3 Å². The Morgan fingerprint density at radius 3 is 2.67 bits per heavy atom. The van der Waals surface area contributed by atoms with E-state index >= 15 is 0 Å². The molecule has 0 radical (unpaired) electrons. The number of carbonyl (C=O) groups excluding carboxylic acids is 2. The van der Waals surface area contributed by atoms with E-state index in [1.807, 2.05) is 4.90 Å². The molecular weight excluding hydrogens is 290 g/mol. The summed E-state index contributed by atoms with van der Waals surface area (Å²) in [5.74, 6) is -0.247. The molecule has 21 heavy (non-hydrogen) atoms. The number of halogens is 1. The standard InChI is InChI=1S/C15H20ClN3O2/c1-10-6-7-19(8-13(10)17)9-14(20)18-15(21)11-2-4-12(16)5-3-11/h2-5,10,13H,6-9,17H2,1H3,(H,18,20,21). The molecule has 6 heteroatoms. The average Bonchev–Trinajstić information content (AvgIpc) is 2.43. The molecule has 2 unspecified atom stereocenters. The molecule has 3 N–H and O–H groups in total. The molecule has 0 aromatic heterocycles. The van der Waals surface area contributed by atoms with Crippen molar-refractivity contribution in [3.63, 3.8) is 0 Å². The molecule has 0 aliphatic carbocycles. The third-order valence-corrected chi connectivity index (χ3v) is 4.08. The minimum atomic E-state index is -0.411. The Morgan fingerprint density at radius 2 is 2.05 bits per heavy atom. The molecule has 1 saturated heterocycles. The predicted octanol–water partition coefficient (Wildman–Crippen LogP) is 1.27. The number of rotatable bonds is 3. The minimum Gasteiger partial charge on any atom is -0.326 e. The lowest BCUT2D eigenvalue weighted by molar-refractivity contribution is -0.121. The highest BCUT2D eigenvalue weighted by atomic mass is 35.5. The first-order valence-electron chi connectivity index (χ1n) is 7.03. The first-order chi connectivity index (χ1) is 9.95. The van der Waals surface area contributed by atoms with Gasteiger partial charge in [0.15, 0.2) is 0 Å². The van der Waals surface area contributed by atoms with Crippen LogP contribution in [0.2, 0.25) is 5.02 Å². The maximum Gasteiger partial charge on any atom is 0.257 e. The van der Waals surface area contributed by atoms with Crippen molar-refractivity contribution in [3.05, 3.63) is 34.9 Å². The van der Waals surface area contributed by atoms with Crippen molar-refractivity contribution in [2.75, 3.05) is 19.6 Å². The molecule has 0 saturated carbocycles. The number of imide groups is 1. The molecule has 0 spiro atoms. The maximum absolute atomic E-state index is 11.9. The van der Waals surface area contributed by atoms with E-state index in [1.165, 1.54) is 0 Å². The van der Waals surface area contributed by atoms with Gasteiger partial charge in [-0.3, -0.25) is 19.8 Å². The quantitative estimate of drug-likeness (QED) is 0.881. The van der Waals surface area contributed by atoms with E-state index in [2.05, 4.69) is 12.2 Å². The SMILES string of the molecule is CC1CCN(CC(=O)NC(=O)c2ccc(Cl)cc2)CC1N. The first kappa shape index (κ1) is 15.9. The molecule has 1 aromatic rings. The predicted molar refractivity (Wildman–Crippen MR) is 82.1 cm³/mol. The van der Waals surface area contributed by atoms with Crippen LogP contribution in [-0.4, -0.2) is 42.4 Å². The summed E-state index contributed by atoms with van der Waals surface area (Å²) in [4.78, 5) is 25.8. The van der Waals surface area contributed by atoms with Crippen LogP contribution in [0.15, 0.2) is 24.3 Å². The Bertz CT molecular complexity index is 518. The van der Waals surface area contributed by atoms with Gasteiger partial charge in [0.25, 0.3) is 5.91 Å². The Morgan fingerprint density at radius 1 is 1.38 bits per heavy atom. The van der Waals surface area contributed by atoms with Gasteiger partial charge in [0.2, 0.25) is 5.91 Å². The van der Waals surface area contributed by atoms with E-state index in [9.17, 15) is 9.59 Å². The molecule has 2 rings (SSSR count). The van der Waals surface area contributed by atoms with Crippen LogP contribution in [0.3, 0.4) is 0 Å². The largest absolute Gasteiger partial charge is 0.326 e. The Hall–Kier alpha value is -1.43. The minimum absolute atomic E-state index is 0.0820. The lowest BCUT2D eigenvalue weighted by Crippen LogP contribution is -2.50. The third-order valence-electron chi connectivity index (χ3n) is 3.83. The summed E-state index contributed by atoms with van der Waals surface area (Å²) < 4.78 is 0. The summed E-state index contributed by atoms with van der Waals surface area (Å²) >= 11 is 5.76. The first-order valence-corrected chi connectivity index (χ1v) is 7.41. The van der Waals surface area contributed by atoms with Gasteiger partial charge in [-0.15, -0.1) is 0 Å². The van der Waals surface area contributed by atoms with Crippen molar-refractivity contribution in [1.82, 2.24) is 10.2 Å². The summed E-state index contributed by atoms with van der Waals surface area (Å²) in [6.45, 7) is 3.83. The van der Waals surface area contributed by atoms with Crippen molar-refractivity contribution in [2.45, 2.75) is 19.4 Å². The fraction of sp³-hybridized carbons (Fsp3) is 0.467. The molecule has 0 bridgehead atoms. The van der Waals surface area contributed by atoms with Crippen LogP contribution in [0.1, 0.15) is 23.7 Å². The van der Waals surface area contributed by atoms with Gasteiger partial charge in [-0.2, -0.15) is 0 Å². The number of piperidine rings is 1. The number of hydrogen-bond acceptors (Lipinski definition) is 4. The van der Waals surface area contributed by atoms with Crippen molar-refractivity contribution in [3.8, 4) is 0 Å². The van der Waals surface area contributed by atoms with Gasteiger partial charge in [0.05, 0.1) is 6.54 Å². The van der Waals surface area contributed by atoms with Crippen molar-refractivity contribution >= 4 is 23.4 Å². The number of amides is 2. The number of nitrogens with two attached hydrogens (primary N) is 1. The van der Waals surface area contributed by atoms with Crippen LogP contribution >= 0.6 is 11.6 Å². The van der Waals surface area contributed by atoms with Gasteiger partial charge in [-0.05, 0) is 43.1 Å². The fourth-order valence-corrected chi connectivity index (χ4v) is 2.48. The molecule has 1 aliphatic heterocycles. The highest BCUT2D eigenvalue weighted by Crippen LogP contribution is 2.15. The Labute approximate surface area is 129 Å². The number of likely N-dealkylation sites (tertiary alicyclic amines) is 1. The molecule has 5 nitrogen and oxygen atoms in total. The summed E-state index contributed by atoms with van der Waals surface area (Å²) in [6.07, 6.45) is 0.972. The average molecular weight is 310 g/mol. The highest BCUT2D eigenvalue weighted by Gasteiger charge is 2.24. The van der Waals surface area contributed by atoms with Gasteiger partial charge in [0, 0.05) is 23.2 Å². The van der Waals surface area contributed by atoms with Gasteiger partial charge in [0.1, 0.15) is 0 Å². The number of benzene rings is 1. The zero-order chi connectivity index (χ0) is 15.4. The molecule has 1 heterocycles. The zero-order valence-electron chi connectivity index (χ0n) is 12.0. The number of nitrogens with one attached hydrogen (secondary N) is 1. The molecule has 2 amide bonds. The van der Waals surface area contributed by atoms with Crippen LogP contribution in [-0.2, 0) is 4.79 Å².